The Balaban J connectivity index is 1.80. The van der Waals surface area contributed by atoms with Gasteiger partial charge in [-0.25, -0.2) is 23.9 Å². The average molecular weight is 461 g/mol. The first kappa shape index (κ1) is 21.1. The first-order valence-corrected chi connectivity index (χ1v) is 12.5. The number of nitrogen functional groups attached to an aromatic ring is 1. The standard InChI is InChI=1S/C24H24N6O2S/c1-14-4-7-18-19(10-14)15(2)32-24-22(25)28-12-21(29-24)20-11-17(33(3,26)31)6-5-16(20)13-30-9-8-27-23(18)30/h4-12,15,26H,13H2,1-3H3,(H2,25,28)/t15-,33?/m1/s1. The SMILES string of the molecule is Cc1ccc2c(c1)[C@@H](C)Oc1nc(cnc1N)-c1cc(S(C)(=N)=O)ccc1Cn1ccnc1-2. The van der Waals surface area contributed by atoms with Crippen molar-refractivity contribution in [3.63, 3.8) is 0 Å². The van der Waals surface area contributed by atoms with Gasteiger partial charge >= 0.3 is 0 Å². The third kappa shape index (κ3) is 3.84. The molecule has 0 saturated heterocycles. The number of aromatic nitrogens is 4. The van der Waals surface area contributed by atoms with Gasteiger partial charge in [0.25, 0.3) is 5.88 Å². The van der Waals surface area contributed by atoms with Crippen molar-refractivity contribution in [1.29, 1.82) is 4.78 Å². The summed E-state index contributed by atoms with van der Waals surface area (Å²) in [6.07, 6.45) is 6.34. The minimum atomic E-state index is -2.91. The molecule has 0 radical (unpaired) electrons. The van der Waals surface area contributed by atoms with E-state index in [9.17, 15) is 4.21 Å². The summed E-state index contributed by atoms with van der Waals surface area (Å²) in [5.41, 5.74) is 11.4. The van der Waals surface area contributed by atoms with Gasteiger partial charge in [0.15, 0.2) is 5.82 Å². The maximum atomic E-state index is 12.5. The number of anilines is 1. The predicted molar refractivity (Wildman–Crippen MR) is 127 cm³/mol. The predicted octanol–water partition coefficient (Wildman–Crippen LogP) is 4.43. The van der Waals surface area contributed by atoms with Crippen LogP contribution in [0.3, 0.4) is 0 Å². The second kappa shape index (κ2) is 7.70. The van der Waals surface area contributed by atoms with Gasteiger partial charge in [-0.3, -0.25) is 0 Å². The molecular formula is C24H24N6O2S. The zero-order valence-electron chi connectivity index (χ0n) is 18.6. The van der Waals surface area contributed by atoms with Crippen molar-refractivity contribution in [2.75, 3.05) is 12.0 Å². The second-order valence-electron chi connectivity index (χ2n) is 8.34. The molecular weight excluding hydrogens is 436 g/mol. The molecule has 0 aliphatic carbocycles. The molecule has 2 atom stereocenters. The third-order valence-corrected chi connectivity index (χ3v) is 6.96. The molecule has 9 heteroatoms. The normalized spacial score (nSPS) is 16.8. The van der Waals surface area contributed by atoms with Gasteiger partial charge in [0.05, 0.1) is 21.6 Å². The van der Waals surface area contributed by atoms with Crippen LogP contribution in [0.5, 0.6) is 5.88 Å². The number of hydrogen-bond donors (Lipinski definition) is 2. The molecule has 1 aliphatic heterocycles. The van der Waals surface area contributed by atoms with Gasteiger partial charge in [-0.05, 0) is 31.5 Å². The summed E-state index contributed by atoms with van der Waals surface area (Å²) < 4.78 is 28.8. The van der Waals surface area contributed by atoms with Gasteiger partial charge in [-0.2, -0.15) is 0 Å². The Labute approximate surface area is 192 Å². The molecule has 2 aromatic heterocycles. The zero-order valence-corrected chi connectivity index (χ0v) is 19.4. The van der Waals surface area contributed by atoms with Crippen LogP contribution in [-0.4, -0.2) is 30.0 Å². The van der Waals surface area contributed by atoms with Crippen LogP contribution < -0.4 is 10.5 Å². The van der Waals surface area contributed by atoms with E-state index in [-0.39, 0.29) is 17.8 Å². The molecule has 5 rings (SSSR count). The van der Waals surface area contributed by atoms with Crippen LogP contribution in [0.4, 0.5) is 5.82 Å². The van der Waals surface area contributed by atoms with Crippen LogP contribution in [0.15, 0.2) is 59.9 Å². The fourth-order valence-electron chi connectivity index (χ4n) is 4.09. The van der Waals surface area contributed by atoms with Crippen molar-refractivity contribution >= 4 is 15.5 Å². The van der Waals surface area contributed by atoms with Crippen molar-refractivity contribution in [3.8, 4) is 28.5 Å². The van der Waals surface area contributed by atoms with Crippen molar-refractivity contribution < 1.29 is 8.95 Å². The van der Waals surface area contributed by atoms with E-state index in [4.69, 9.17) is 15.3 Å². The number of fused-ring (bicyclic) bond motifs is 7. The fourth-order valence-corrected chi connectivity index (χ4v) is 4.76. The van der Waals surface area contributed by atoms with Crippen LogP contribution in [0, 0.1) is 11.7 Å². The maximum Gasteiger partial charge on any atom is 0.258 e. The maximum absolute atomic E-state index is 12.5. The van der Waals surface area contributed by atoms with Gasteiger partial charge < -0.3 is 15.0 Å². The molecule has 2 bridgehead atoms. The molecule has 1 aliphatic rings. The van der Waals surface area contributed by atoms with Crippen LogP contribution in [0.25, 0.3) is 22.6 Å². The van der Waals surface area contributed by atoms with Gasteiger partial charge in [-0.1, -0.05) is 29.8 Å². The summed E-state index contributed by atoms with van der Waals surface area (Å²) >= 11 is 0. The molecule has 0 fully saturated rings. The number of nitrogens with one attached hydrogen (secondary N) is 1. The lowest BCUT2D eigenvalue weighted by Gasteiger charge is -2.22. The van der Waals surface area contributed by atoms with Gasteiger partial charge in [0.2, 0.25) is 0 Å². The van der Waals surface area contributed by atoms with Gasteiger partial charge in [0.1, 0.15) is 11.9 Å². The molecule has 3 N–H and O–H groups in total. The highest BCUT2D eigenvalue weighted by molar-refractivity contribution is 7.91. The molecule has 0 saturated carbocycles. The van der Waals surface area contributed by atoms with E-state index in [0.29, 0.717) is 17.1 Å². The lowest BCUT2D eigenvalue weighted by atomic mass is 9.99. The van der Waals surface area contributed by atoms with E-state index in [1.54, 1.807) is 24.5 Å². The Morgan fingerprint density at radius 1 is 1.18 bits per heavy atom. The lowest BCUT2D eigenvalue weighted by molar-refractivity contribution is 0.219. The number of aryl methyl sites for hydroxylation is 1. The Morgan fingerprint density at radius 2 is 2.00 bits per heavy atom. The van der Waals surface area contributed by atoms with Gasteiger partial charge in [0, 0.05) is 46.8 Å². The summed E-state index contributed by atoms with van der Waals surface area (Å²) in [6, 6.07) is 11.6. The molecule has 3 heterocycles. The fraction of sp³-hybridized carbons (Fsp3) is 0.208. The van der Waals surface area contributed by atoms with Crippen LogP contribution in [-0.2, 0) is 16.3 Å². The van der Waals surface area contributed by atoms with Crippen molar-refractivity contribution in [2.45, 2.75) is 31.4 Å². The zero-order chi connectivity index (χ0) is 23.3. The van der Waals surface area contributed by atoms with Crippen LogP contribution in [0.1, 0.15) is 29.7 Å². The quantitative estimate of drug-likeness (QED) is 0.433. The molecule has 4 aromatic rings. The van der Waals surface area contributed by atoms with E-state index in [2.05, 4.69) is 37.7 Å². The minimum Gasteiger partial charge on any atom is -0.467 e. The van der Waals surface area contributed by atoms with Crippen molar-refractivity contribution in [2.24, 2.45) is 0 Å². The minimum absolute atomic E-state index is 0.191. The second-order valence-corrected chi connectivity index (χ2v) is 10.5. The molecule has 8 nitrogen and oxygen atoms in total. The molecule has 1 unspecified atom stereocenters. The monoisotopic (exact) mass is 460 g/mol. The number of ether oxygens (including phenoxy) is 1. The summed E-state index contributed by atoms with van der Waals surface area (Å²) in [5, 5.41) is 0. The molecule has 33 heavy (non-hydrogen) atoms. The largest absolute Gasteiger partial charge is 0.467 e. The third-order valence-electron chi connectivity index (χ3n) is 5.80. The first-order valence-electron chi connectivity index (χ1n) is 10.5. The van der Waals surface area contributed by atoms with E-state index < -0.39 is 9.73 Å². The van der Waals surface area contributed by atoms with E-state index >= 15 is 0 Å². The summed E-state index contributed by atoms with van der Waals surface area (Å²) in [4.78, 5) is 14.1. The topological polar surface area (TPSA) is 120 Å². The first-order chi connectivity index (χ1) is 15.7. The van der Waals surface area contributed by atoms with Crippen molar-refractivity contribution in [3.05, 3.63) is 71.7 Å². The van der Waals surface area contributed by atoms with E-state index in [1.165, 1.54) is 6.26 Å². The smallest absolute Gasteiger partial charge is 0.258 e. The number of imidazole rings is 1. The van der Waals surface area contributed by atoms with Crippen LogP contribution >= 0.6 is 0 Å². The molecule has 0 spiro atoms. The highest BCUT2D eigenvalue weighted by Gasteiger charge is 2.22. The Kier molecular flexibility index (Phi) is 4.93. The summed E-state index contributed by atoms with van der Waals surface area (Å²) in [5.74, 6) is 1.24. The highest BCUT2D eigenvalue weighted by atomic mass is 32.2. The summed E-state index contributed by atoms with van der Waals surface area (Å²) in [7, 11) is -2.91. The number of benzene rings is 2. The Bertz CT molecular complexity index is 1490. The Hall–Kier alpha value is -3.72. The van der Waals surface area contributed by atoms with Crippen molar-refractivity contribution in [1.82, 2.24) is 19.5 Å². The number of nitrogens with two attached hydrogens (primary N) is 1. The van der Waals surface area contributed by atoms with Crippen LogP contribution in [0.2, 0.25) is 0 Å². The lowest BCUT2D eigenvalue weighted by Crippen LogP contribution is -2.12. The summed E-state index contributed by atoms with van der Waals surface area (Å²) in [6.45, 7) is 4.50. The number of nitrogens with zero attached hydrogens (tertiary/aromatic N) is 4. The van der Waals surface area contributed by atoms with Gasteiger partial charge in [-0.15, -0.1) is 0 Å². The molecule has 2 aromatic carbocycles. The highest BCUT2D eigenvalue weighted by Crippen LogP contribution is 2.35. The van der Waals surface area contributed by atoms with E-state index in [1.807, 2.05) is 26.1 Å². The average Bonchev–Trinajstić information content (AvgIpc) is 3.22. The van der Waals surface area contributed by atoms with E-state index in [0.717, 1.165) is 33.6 Å². The molecule has 168 valence electrons. The number of hydrogen-bond acceptors (Lipinski definition) is 7. The molecule has 0 amide bonds. The Morgan fingerprint density at radius 3 is 2.79 bits per heavy atom. The number of rotatable bonds is 1.